The van der Waals surface area contributed by atoms with Crippen LogP contribution in [0.25, 0.3) is 0 Å². The van der Waals surface area contributed by atoms with E-state index in [0.717, 1.165) is 36.6 Å². The molecule has 2 heterocycles. The molecule has 0 amide bonds. The van der Waals surface area contributed by atoms with Gasteiger partial charge in [0.1, 0.15) is 11.6 Å². The largest absolute Gasteiger partial charge is 0.464 e. The van der Waals surface area contributed by atoms with Crippen LogP contribution in [0.4, 0.5) is 5.82 Å². The first-order valence-electron chi connectivity index (χ1n) is 6.21. The highest BCUT2D eigenvalue weighted by Crippen LogP contribution is 2.31. The van der Waals surface area contributed by atoms with Gasteiger partial charge in [0, 0.05) is 12.5 Å². The van der Waals surface area contributed by atoms with Crippen LogP contribution >= 0.6 is 11.8 Å². The number of nitrogens with zero attached hydrogens (tertiary/aromatic N) is 2. The smallest absolute Gasteiger partial charge is 0.360 e. The number of nitrogen functional groups attached to an aromatic ring is 1. The molecular formula is C12H19N3O2S. The minimum Gasteiger partial charge on any atom is -0.464 e. The van der Waals surface area contributed by atoms with Crippen molar-refractivity contribution in [1.29, 1.82) is 0 Å². The number of imidazole rings is 1. The minimum absolute atomic E-state index is 0.257. The van der Waals surface area contributed by atoms with Crippen LogP contribution in [0.3, 0.4) is 0 Å². The van der Waals surface area contributed by atoms with Gasteiger partial charge in [0.2, 0.25) is 0 Å². The zero-order chi connectivity index (χ0) is 13.1. The van der Waals surface area contributed by atoms with E-state index in [1.54, 1.807) is 0 Å². The van der Waals surface area contributed by atoms with Crippen molar-refractivity contribution in [3.8, 4) is 0 Å². The summed E-state index contributed by atoms with van der Waals surface area (Å²) < 4.78 is 6.75. The van der Waals surface area contributed by atoms with E-state index in [9.17, 15) is 4.79 Å². The molecule has 0 spiro atoms. The number of aromatic nitrogens is 2. The monoisotopic (exact) mass is 269 g/mol. The molecule has 0 aromatic carbocycles. The topological polar surface area (TPSA) is 70.1 Å². The number of esters is 1. The molecule has 1 aliphatic rings. The maximum atomic E-state index is 11.6. The molecule has 5 nitrogen and oxygen atoms in total. The Bertz CT molecular complexity index is 439. The lowest BCUT2D eigenvalue weighted by Crippen LogP contribution is -2.19. The highest BCUT2D eigenvalue weighted by molar-refractivity contribution is 7.99. The summed E-state index contributed by atoms with van der Waals surface area (Å²) in [6.07, 6.45) is 2.93. The lowest BCUT2D eigenvalue weighted by molar-refractivity contribution is 0.0595. The van der Waals surface area contributed by atoms with Crippen molar-refractivity contribution < 1.29 is 9.53 Å². The fourth-order valence-corrected chi connectivity index (χ4v) is 3.42. The predicted molar refractivity (Wildman–Crippen MR) is 73.0 cm³/mol. The van der Waals surface area contributed by atoms with E-state index >= 15 is 0 Å². The number of hydrogen-bond donors (Lipinski definition) is 1. The van der Waals surface area contributed by atoms with Gasteiger partial charge in [-0.1, -0.05) is 6.92 Å². The van der Waals surface area contributed by atoms with E-state index in [-0.39, 0.29) is 5.69 Å². The van der Waals surface area contributed by atoms with E-state index in [1.807, 2.05) is 23.3 Å². The van der Waals surface area contributed by atoms with Crippen molar-refractivity contribution in [1.82, 2.24) is 9.55 Å². The van der Waals surface area contributed by atoms with E-state index in [1.165, 1.54) is 7.11 Å². The van der Waals surface area contributed by atoms with Crippen LogP contribution in [0.2, 0.25) is 0 Å². The van der Waals surface area contributed by atoms with E-state index < -0.39 is 5.97 Å². The average Bonchev–Trinajstić information content (AvgIpc) is 2.75. The standard InChI is InChI=1S/C12H19N3O2S/c1-3-9-14-10(12(16)17-2)11(13)15(9)8-4-6-18-7-5-8/h8H,3-7,13H2,1-2H3. The zero-order valence-corrected chi connectivity index (χ0v) is 11.6. The number of methoxy groups -OCH3 is 1. The molecule has 0 saturated carbocycles. The van der Waals surface area contributed by atoms with E-state index in [2.05, 4.69) is 4.98 Å². The van der Waals surface area contributed by atoms with Crippen LogP contribution in [0.5, 0.6) is 0 Å². The Morgan fingerprint density at radius 1 is 1.56 bits per heavy atom. The number of anilines is 1. The first-order chi connectivity index (χ1) is 8.69. The second kappa shape index (κ2) is 5.65. The van der Waals surface area contributed by atoms with Crippen LogP contribution in [-0.2, 0) is 11.2 Å². The number of hydrogen-bond acceptors (Lipinski definition) is 5. The fourth-order valence-electron chi connectivity index (χ4n) is 2.34. The van der Waals surface area contributed by atoms with Crippen molar-refractivity contribution in [3.05, 3.63) is 11.5 Å². The van der Waals surface area contributed by atoms with E-state index in [4.69, 9.17) is 10.5 Å². The van der Waals surface area contributed by atoms with Crippen LogP contribution < -0.4 is 5.73 Å². The van der Waals surface area contributed by atoms with Crippen molar-refractivity contribution in [2.75, 3.05) is 24.3 Å². The molecule has 6 heteroatoms. The summed E-state index contributed by atoms with van der Waals surface area (Å²) in [5, 5.41) is 0. The molecule has 2 N–H and O–H groups in total. The Hall–Kier alpha value is -1.17. The highest BCUT2D eigenvalue weighted by atomic mass is 32.2. The molecule has 0 unspecified atom stereocenters. The highest BCUT2D eigenvalue weighted by Gasteiger charge is 2.26. The Kier molecular flexibility index (Phi) is 4.16. The first-order valence-corrected chi connectivity index (χ1v) is 7.37. The van der Waals surface area contributed by atoms with Crippen molar-refractivity contribution in [3.63, 3.8) is 0 Å². The molecule has 1 aliphatic heterocycles. The fraction of sp³-hybridized carbons (Fsp3) is 0.667. The number of thioether (sulfide) groups is 1. The summed E-state index contributed by atoms with van der Waals surface area (Å²) in [4.78, 5) is 15.9. The minimum atomic E-state index is -0.453. The summed E-state index contributed by atoms with van der Waals surface area (Å²) in [6, 6.07) is 0.368. The van der Waals surface area contributed by atoms with Crippen LogP contribution in [0, 0.1) is 0 Å². The number of ether oxygens (including phenoxy) is 1. The van der Waals surface area contributed by atoms with Crippen LogP contribution in [-0.4, -0.2) is 34.1 Å². The lowest BCUT2D eigenvalue weighted by atomic mass is 10.1. The molecule has 1 aromatic rings. The summed E-state index contributed by atoms with van der Waals surface area (Å²) in [6.45, 7) is 2.02. The average molecular weight is 269 g/mol. The Labute approximate surface area is 111 Å². The summed E-state index contributed by atoms with van der Waals surface area (Å²) in [5.41, 5.74) is 6.34. The lowest BCUT2D eigenvalue weighted by Gasteiger charge is -2.25. The molecule has 18 heavy (non-hydrogen) atoms. The molecule has 0 aliphatic carbocycles. The van der Waals surface area contributed by atoms with Gasteiger partial charge in [0.05, 0.1) is 7.11 Å². The van der Waals surface area contributed by atoms with Gasteiger partial charge in [-0.05, 0) is 24.3 Å². The van der Waals surface area contributed by atoms with Gasteiger partial charge in [-0.25, -0.2) is 9.78 Å². The van der Waals surface area contributed by atoms with E-state index in [0.29, 0.717) is 11.9 Å². The molecule has 1 aromatic heterocycles. The van der Waals surface area contributed by atoms with Crippen LogP contribution in [0.15, 0.2) is 0 Å². The Morgan fingerprint density at radius 2 is 2.22 bits per heavy atom. The molecule has 1 fully saturated rings. The van der Waals surface area contributed by atoms with Crippen LogP contribution in [0.1, 0.15) is 42.1 Å². The molecule has 1 saturated heterocycles. The number of nitrogens with two attached hydrogens (primary N) is 1. The van der Waals surface area contributed by atoms with Gasteiger partial charge in [-0.3, -0.25) is 0 Å². The maximum Gasteiger partial charge on any atom is 0.360 e. The summed E-state index contributed by atoms with van der Waals surface area (Å²) in [7, 11) is 1.35. The normalized spacial score (nSPS) is 16.8. The molecule has 2 rings (SSSR count). The second-order valence-corrected chi connectivity index (χ2v) is 5.55. The SMILES string of the molecule is CCc1nc(C(=O)OC)c(N)n1C1CCSCC1. The van der Waals surface area contributed by atoms with Gasteiger partial charge < -0.3 is 15.0 Å². The third kappa shape index (κ3) is 2.34. The molecule has 0 bridgehead atoms. The number of rotatable bonds is 3. The Morgan fingerprint density at radius 3 is 2.78 bits per heavy atom. The first kappa shape index (κ1) is 13.3. The Balaban J connectivity index is 2.38. The molecule has 0 radical (unpaired) electrons. The quantitative estimate of drug-likeness (QED) is 0.848. The van der Waals surface area contributed by atoms with Crippen molar-refractivity contribution in [2.24, 2.45) is 0 Å². The molecule has 100 valence electrons. The van der Waals surface area contributed by atoms with Gasteiger partial charge in [0.15, 0.2) is 5.69 Å². The number of carbonyl (C=O) groups excluding carboxylic acids is 1. The van der Waals surface area contributed by atoms with Gasteiger partial charge in [-0.2, -0.15) is 11.8 Å². The summed E-state index contributed by atoms with van der Waals surface area (Å²) in [5.74, 6) is 3.16. The summed E-state index contributed by atoms with van der Waals surface area (Å²) >= 11 is 1.96. The number of carbonyl (C=O) groups is 1. The van der Waals surface area contributed by atoms with Gasteiger partial charge in [-0.15, -0.1) is 0 Å². The third-order valence-electron chi connectivity index (χ3n) is 3.27. The zero-order valence-electron chi connectivity index (χ0n) is 10.8. The third-order valence-corrected chi connectivity index (χ3v) is 4.32. The molecular weight excluding hydrogens is 250 g/mol. The second-order valence-electron chi connectivity index (χ2n) is 4.32. The van der Waals surface area contributed by atoms with Crippen molar-refractivity contribution in [2.45, 2.75) is 32.2 Å². The van der Waals surface area contributed by atoms with Gasteiger partial charge >= 0.3 is 5.97 Å². The predicted octanol–water partition coefficient (Wildman–Crippen LogP) is 1.88. The maximum absolute atomic E-state index is 11.6. The van der Waals surface area contributed by atoms with Crippen molar-refractivity contribution >= 4 is 23.5 Å². The number of aryl methyl sites for hydroxylation is 1. The molecule has 0 atom stereocenters. The van der Waals surface area contributed by atoms with Gasteiger partial charge in [0.25, 0.3) is 0 Å².